The Labute approximate surface area is 194 Å². The van der Waals surface area contributed by atoms with Crippen LogP contribution in [0.4, 0.5) is 5.69 Å². The highest BCUT2D eigenvalue weighted by atomic mass is 16.5. The number of ether oxygens (including phenoxy) is 1. The monoisotopic (exact) mass is 455 g/mol. The molecule has 4 rings (SSSR count). The lowest BCUT2D eigenvalue weighted by molar-refractivity contribution is -0.139. The summed E-state index contributed by atoms with van der Waals surface area (Å²) in [5, 5.41) is 5.42. The number of nitrogens with zero attached hydrogens (tertiary/aromatic N) is 3. The molecule has 1 aromatic carbocycles. The zero-order chi connectivity index (χ0) is 23.4. The summed E-state index contributed by atoms with van der Waals surface area (Å²) in [6, 6.07) is 5.90. The number of rotatable bonds is 8. The number of carbonyl (C=O) groups excluding carboxylic acids is 3. The minimum atomic E-state index is -0.130. The number of amides is 3. The Bertz CT molecular complexity index is 941. The maximum Gasteiger partial charge on any atom is 0.246 e. The highest BCUT2D eigenvalue weighted by Crippen LogP contribution is 2.37. The van der Waals surface area contributed by atoms with Crippen LogP contribution < -0.4 is 15.4 Å². The van der Waals surface area contributed by atoms with Crippen molar-refractivity contribution >= 4 is 29.4 Å². The van der Waals surface area contributed by atoms with E-state index < -0.39 is 0 Å². The Morgan fingerprint density at radius 3 is 2.82 bits per heavy atom. The number of hydrogen-bond donors (Lipinski definition) is 2. The van der Waals surface area contributed by atoms with Crippen LogP contribution in [0.3, 0.4) is 0 Å². The molecule has 178 valence electrons. The third-order valence-corrected chi connectivity index (χ3v) is 6.71. The van der Waals surface area contributed by atoms with E-state index in [1.165, 1.54) is 6.42 Å². The van der Waals surface area contributed by atoms with Crippen LogP contribution in [0.25, 0.3) is 0 Å². The van der Waals surface area contributed by atoms with Crippen molar-refractivity contribution in [3.63, 3.8) is 0 Å². The third-order valence-electron chi connectivity index (χ3n) is 6.71. The van der Waals surface area contributed by atoms with Gasteiger partial charge in [-0.15, -0.1) is 0 Å². The molecule has 0 aromatic heterocycles. The maximum absolute atomic E-state index is 12.9. The van der Waals surface area contributed by atoms with Crippen molar-refractivity contribution in [3.8, 4) is 5.75 Å². The van der Waals surface area contributed by atoms with Crippen LogP contribution in [-0.2, 0) is 14.4 Å². The average molecular weight is 456 g/mol. The zero-order valence-corrected chi connectivity index (χ0v) is 19.4. The van der Waals surface area contributed by atoms with Gasteiger partial charge < -0.3 is 19.9 Å². The Kier molecular flexibility index (Phi) is 7.15. The van der Waals surface area contributed by atoms with Crippen LogP contribution in [0.2, 0.25) is 0 Å². The van der Waals surface area contributed by atoms with Gasteiger partial charge in [0.05, 0.1) is 24.9 Å². The first kappa shape index (κ1) is 23.1. The Morgan fingerprint density at radius 2 is 2.06 bits per heavy atom. The number of nitrogens with one attached hydrogen (secondary N) is 2. The SMILES string of the molecule is CNC(=O)CN(C(=O)CCCOc1ccc2c(c1)C(C)N1CC(=O)NC1=N2)C1CCCCC1. The van der Waals surface area contributed by atoms with Crippen LogP contribution >= 0.6 is 0 Å². The van der Waals surface area contributed by atoms with Crippen molar-refractivity contribution in [2.45, 2.75) is 64.0 Å². The second kappa shape index (κ2) is 10.2. The fourth-order valence-corrected chi connectivity index (χ4v) is 4.82. The van der Waals surface area contributed by atoms with Crippen LogP contribution in [-0.4, -0.2) is 66.3 Å². The fourth-order valence-electron chi connectivity index (χ4n) is 4.82. The molecule has 1 saturated carbocycles. The molecule has 1 unspecified atom stereocenters. The summed E-state index contributed by atoms with van der Waals surface area (Å²) in [4.78, 5) is 44.8. The molecule has 0 spiro atoms. The minimum absolute atomic E-state index is 0.0150. The molecule has 9 heteroatoms. The van der Waals surface area contributed by atoms with E-state index in [1.807, 2.05) is 30.0 Å². The first-order valence-corrected chi connectivity index (χ1v) is 11.9. The van der Waals surface area contributed by atoms with Crippen LogP contribution in [0.1, 0.15) is 63.5 Å². The van der Waals surface area contributed by atoms with E-state index in [9.17, 15) is 14.4 Å². The van der Waals surface area contributed by atoms with Gasteiger partial charge in [-0.1, -0.05) is 19.3 Å². The van der Waals surface area contributed by atoms with Gasteiger partial charge in [0.25, 0.3) is 0 Å². The van der Waals surface area contributed by atoms with E-state index >= 15 is 0 Å². The molecular formula is C24H33N5O4. The van der Waals surface area contributed by atoms with Gasteiger partial charge >= 0.3 is 0 Å². The molecular weight excluding hydrogens is 422 g/mol. The number of benzene rings is 1. The predicted molar refractivity (Wildman–Crippen MR) is 124 cm³/mol. The first-order chi connectivity index (χ1) is 16.0. The number of guanidine groups is 1. The molecule has 1 aliphatic carbocycles. The molecule has 1 aromatic rings. The topological polar surface area (TPSA) is 103 Å². The Morgan fingerprint density at radius 1 is 1.27 bits per heavy atom. The summed E-state index contributed by atoms with van der Waals surface area (Å²) in [7, 11) is 1.60. The van der Waals surface area contributed by atoms with E-state index in [-0.39, 0.29) is 36.3 Å². The van der Waals surface area contributed by atoms with Gasteiger partial charge in [0, 0.05) is 25.1 Å². The van der Waals surface area contributed by atoms with Crippen molar-refractivity contribution in [3.05, 3.63) is 23.8 Å². The molecule has 2 N–H and O–H groups in total. The van der Waals surface area contributed by atoms with Crippen molar-refractivity contribution < 1.29 is 19.1 Å². The average Bonchev–Trinajstić information content (AvgIpc) is 3.21. The lowest BCUT2D eigenvalue weighted by Gasteiger charge is -2.34. The van der Waals surface area contributed by atoms with Crippen molar-refractivity contribution in [1.29, 1.82) is 0 Å². The quantitative estimate of drug-likeness (QED) is 0.585. The highest BCUT2D eigenvalue weighted by Gasteiger charge is 2.34. The molecule has 3 amide bonds. The van der Waals surface area contributed by atoms with Gasteiger partial charge in [-0.25, -0.2) is 4.99 Å². The van der Waals surface area contributed by atoms with Gasteiger partial charge in [0.15, 0.2) is 0 Å². The second-order valence-corrected chi connectivity index (χ2v) is 8.95. The maximum atomic E-state index is 12.9. The van der Waals surface area contributed by atoms with E-state index in [2.05, 4.69) is 15.6 Å². The van der Waals surface area contributed by atoms with Crippen molar-refractivity contribution in [1.82, 2.24) is 20.4 Å². The highest BCUT2D eigenvalue weighted by molar-refractivity contribution is 6.06. The normalized spacial score (nSPS) is 19.8. The molecule has 9 nitrogen and oxygen atoms in total. The van der Waals surface area contributed by atoms with Gasteiger partial charge in [-0.3, -0.25) is 19.7 Å². The number of likely N-dealkylation sites (N-methyl/N-ethyl adjacent to an activating group) is 1. The molecule has 0 bridgehead atoms. The summed E-state index contributed by atoms with van der Waals surface area (Å²) >= 11 is 0. The summed E-state index contributed by atoms with van der Waals surface area (Å²) in [6.07, 6.45) is 6.27. The summed E-state index contributed by atoms with van der Waals surface area (Å²) in [5.41, 5.74) is 1.84. The lowest BCUT2D eigenvalue weighted by Crippen LogP contribution is -2.46. The van der Waals surface area contributed by atoms with Gasteiger partial charge in [-0.2, -0.15) is 0 Å². The van der Waals surface area contributed by atoms with Crippen molar-refractivity contribution in [2.75, 3.05) is 26.7 Å². The molecule has 0 radical (unpaired) electrons. The van der Waals surface area contributed by atoms with Gasteiger partial charge in [0.2, 0.25) is 23.7 Å². The molecule has 2 aliphatic heterocycles. The standard InChI is InChI=1S/C24H33N5O4/c1-16-19-13-18(10-11-20(19)26-24-27-22(31)15-28(16)24)33-12-6-9-23(32)29(14-21(30)25-2)17-7-4-3-5-8-17/h10-11,13,16-17H,3-9,12,14-15H2,1-2H3,(H,25,30)(H,26,27,31). The molecule has 2 heterocycles. The lowest BCUT2D eigenvalue weighted by atomic mass is 9.94. The van der Waals surface area contributed by atoms with E-state index in [0.29, 0.717) is 32.0 Å². The van der Waals surface area contributed by atoms with E-state index in [1.54, 1.807) is 11.9 Å². The third kappa shape index (κ3) is 5.29. The van der Waals surface area contributed by atoms with E-state index in [0.717, 1.165) is 42.7 Å². The Hall–Kier alpha value is -3.10. The minimum Gasteiger partial charge on any atom is -0.494 e. The zero-order valence-electron chi connectivity index (χ0n) is 19.4. The number of carbonyl (C=O) groups is 3. The number of hydrogen-bond acceptors (Lipinski definition) is 6. The smallest absolute Gasteiger partial charge is 0.246 e. The molecule has 33 heavy (non-hydrogen) atoms. The van der Waals surface area contributed by atoms with Gasteiger partial charge in [-0.05, 0) is 44.4 Å². The summed E-state index contributed by atoms with van der Waals surface area (Å²) in [6.45, 7) is 2.89. The van der Waals surface area contributed by atoms with Crippen LogP contribution in [0.15, 0.2) is 23.2 Å². The summed E-state index contributed by atoms with van der Waals surface area (Å²) < 4.78 is 5.93. The van der Waals surface area contributed by atoms with Crippen LogP contribution in [0, 0.1) is 0 Å². The summed E-state index contributed by atoms with van der Waals surface area (Å²) in [5.74, 6) is 1.16. The molecule has 1 saturated heterocycles. The molecule has 2 fully saturated rings. The largest absolute Gasteiger partial charge is 0.494 e. The molecule has 3 aliphatic rings. The number of fused-ring (bicyclic) bond motifs is 2. The fraction of sp³-hybridized carbons (Fsp3) is 0.583. The van der Waals surface area contributed by atoms with Crippen LogP contribution in [0.5, 0.6) is 5.75 Å². The predicted octanol–water partition coefficient (Wildman–Crippen LogP) is 2.25. The molecule has 1 atom stereocenters. The second-order valence-electron chi connectivity index (χ2n) is 8.95. The van der Waals surface area contributed by atoms with Crippen molar-refractivity contribution in [2.24, 2.45) is 4.99 Å². The van der Waals surface area contributed by atoms with Gasteiger partial charge in [0.1, 0.15) is 12.3 Å². The first-order valence-electron chi connectivity index (χ1n) is 11.9. The van der Waals surface area contributed by atoms with E-state index in [4.69, 9.17) is 4.74 Å². The Balaban J connectivity index is 1.31. The number of aliphatic imine (C=N–C) groups is 1.